The van der Waals surface area contributed by atoms with Crippen molar-refractivity contribution >= 4 is 28.3 Å². The molecule has 3 aromatic rings. The van der Waals surface area contributed by atoms with Crippen molar-refractivity contribution in [3.8, 4) is 10.7 Å². The van der Waals surface area contributed by atoms with Gasteiger partial charge in [-0.3, -0.25) is 0 Å². The zero-order valence-corrected chi connectivity index (χ0v) is 9.38. The van der Waals surface area contributed by atoms with E-state index in [-0.39, 0.29) is 0 Å². The summed E-state index contributed by atoms with van der Waals surface area (Å²) in [5, 5.41) is 2.03. The number of aryl methyl sites for hydroxylation is 1. The predicted octanol–water partition coefficient (Wildman–Crippen LogP) is 1.97. The van der Waals surface area contributed by atoms with Crippen LogP contribution in [-0.4, -0.2) is 19.9 Å². The van der Waals surface area contributed by atoms with Crippen molar-refractivity contribution in [2.75, 3.05) is 5.73 Å². The molecule has 0 bridgehead atoms. The van der Waals surface area contributed by atoms with Crippen LogP contribution in [0.25, 0.3) is 21.9 Å². The SMILES string of the molecule is Cc1ccsc1-c1nc2ncnc(N)c2[nH]1. The minimum Gasteiger partial charge on any atom is -0.382 e. The molecular weight excluding hydrogens is 222 g/mol. The highest BCUT2D eigenvalue weighted by Gasteiger charge is 2.11. The van der Waals surface area contributed by atoms with Crippen molar-refractivity contribution in [1.82, 2.24) is 19.9 Å². The Kier molecular flexibility index (Phi) is 1.90. The number of hydrogen-bond acceptors (Lipinski definition) is 5. The topological polar surface area (TPSA) is 80.5 Å². The van der Waals surface area contributed by atoms with Crippen molar-refractivity contribution in [1.29, 1.82) is 0 Å². The average Bonchev–Trinajstić information content (AvgIpc) is 2.84. The first kappa shape index (κ1) is 9.29. The molecule has 16 heavy (non-hydrogen) atoms. The van der Waals surface area contributed by atoms with E-state index in [4.69, 9.17) is 5.73 Å². The number of nitrogens with one attached hydrogen (secondary N) is 1. The van der Waals surface area contributed by atoms with Crippen molar-refractivity contribution in [3.63, 3.8) is 0 Å². The smallest absolute Gasteiger partial charge is 0.183 e. The van der Waals surface area contributed by atoms with E-state index in [2.05, 4.69) is 26.0 Å². The van der Waals surface area contributed by atoms with Gasteiger partial charge in [-0.15, -0.1) is 11.3 Å². The molecule has 0 spiro atoms. The van der Waals surface area contributed by atoms with Crippen molar-refractivity contribution in [2.45, 2.75) is 6.92 Å². The molecule has 0 fully saturated rings. The lowest BCUT2D eigenvalue weighted by molar-refractivity contribution is 1.21. The molecule has 0 amide bonds. The van der Waals surface area contributed by atoms with Crippen LogP contribution in [-0.2, 0) is 0 Å². The molecule has 0 aromatic carbocycles. The lowest BCUT2D eigenvalue weighted by Gasteiger charge is -1.92. The predicted molar refractivity (Wildman–Crippen MR) is 64.1 cm³/mol. The van der Waals surface area contributed by atoms with Gasteiger partial charge in [0.25, 0.3) is 0 Å². The Balaban J connectivity index is 2.27. The van der Waals surface area contributed by atoms with Gasteiger partial charge in [0.05, 0.1) is 4.88 Å². The van der Waals surface area contributed by atoms with Crippen LogP contribution < -0.4 is 5.73 Å². The summed E-state index contributed by atoms with van der Waals surface area (Å²) in [6.07, 6.45) is 1.42. The van der Waals surface area contributed by atoms with Crippen LogP contribution in [0.5, 0.6) is 0 Å². The molecule has 3 heterocycles. The molecule has 5 nitrogen and oxygen atoms in total. The number of hydrogen-bond donors (Lipinski definition) is 2. The van der Waals surface area contributed by atoms with E-state index in [0.29, 0.717) is 17.0 Å². The Labute approximate surface area is 95.4 Å². The van der Waals surface area contributed by atoms with Crippen molar-refractivity contribution in [2.24, 2.45) is 0 Å². The van der Waals surface area contributed by atoms with Crippen LogP contribution in [0.2, 0.25) is 0 Å². The Morgan fingerprint density at radius 2 is 2.25 bits per heavy atom. The lowest BCUT2D eigenvalue weighted by Crippen LogP contribution is -1.91. The summed E-state index contributed by atoms with van der Waals surface area (Å²) in [5.74, 6) is 1.23. The minimum atomic E-state index is 0.429. The van der Waals surface area contributed by atoms with Crippen LogP contribution in [0, 0.1) is 6.92 Å². The molecular formula is C10H9N5S. The fourth-order valence-electron chi connectivity index (χ4n) is 1.57. The minimum absolute atomic E-state index is 0.429. The summed E-state index contributed by atoms with van der Waals surface area (Å²) >= 11 is 1.64. The maximum atomic E-state index is 5.74. The first-order valence-corrected chi connectivity index (χ1v) is 5.64. The van der Waals surface area contributed by atoms with Gasteiger partial charge in [-0.05, 0) is 23.9 Å². The summed E-state index contributed by atoms with van der Waals surface area (Å²) in [6.45, 7) is 2.05. The van der Waals surface area contributed by atoms with Gasteiger partial charge in [0.15, 0.2) is 17.3 Å². The van der Waals surface area contributed by atoms with Gasteiger partial charge >= 0.3 is 0 Å². The zero-order valence-electron chi connectivity index (χ0n) is 8.56. The first-order chi connectivity index (χ1) is 7.75. The summed E-state index contributed by atoms with van der Waals surface area (Å²) in [5.41, 5.74) is 8.24. The quantitative estimate of drug-likeness (QED) is 0.671. The Bertz CT molecular complexity index is 654. The number of nitrogens with zero attached hydrogens (tertiary/aromatic N) is 3. The number of imidazole rings is 1. The number of aromatic amines is 1. The molecule has 80 valence electrons. The highest BCUT2D eigenvalue weighted by atomic mass is 32.1. The highest BCUT2D eigenvalue weighted by molar-refractivity contribution is 7.13. The molecule has 0 aliphatic rings. The van der Waals surface area contributed by atoms with E-state index in [1.165, 1.54) is 11.9 Å². The van der Waals surface area contributed by atoms with E-state index >= 15 is 0 Å². The molecule has 0 aliphatic carbocycles. The molecule has 6 heteroatoms. The zero-order chi connectivity index (χ0) is 11.1. The third kappa shape index (κ3) is 1.27. The molecule has 0 saturated carbocycles. The number of thiophene rings is 1. The highest BCUT2D eigenvalue weighted by Crippen LogP contribution is 2.28. The number of H-pyrrole nitrogens is 1. The Morgan fingerprint density at radius 1 is 1.38 bits per heavy atom. The second-order valence-electron chi connectivity index (χ2n) is 3.48. The standard InChI is InChI=1S/C10H9N5S/c1-5-2-3-16-7(5)10-14-6-8(11)12-4-13-9(6)15-10/h2-4H,1H3,(H3,11,12,13,14,15). The molecule has 0 radical (unpaired) electrons. The lowest BCUT2D eigenvalue weighted by atomic mass is 10.3. The summed E-state index contributed by atoms with van der Waals surface area (Å²) in [6, 6.07) is 2.06. The van der Waals surface area contributed by atoms with Crippen molar-refractivity contribution < 1.29 is 0 Å². The third-order valence-corrected chi connectivity index (χ3v) is 3.42. The maximum absolute atomic E-state index is 5.74. The second kappa shape index (κ2) is 3.28. The van der Waals surface area contributed by atoms with Crippen LogP contribution in [0.1, 0.15) is 5.56 Å². The normalized spacial score (nSPS) is 11.1. The van der Waals surface area contributed by atoms with Crippen LogP contribution >= 0.6 is 11.3 Å². The van der Waals surface area contributed by atoms with Gasteiger partial charge in [-0.1, -0.05) is 0 Å². The third-order valence-electron chi connectivity index (χ3n) is 2.39. The molecule has 0 atom stereocenters. The number of rotatable bonds is 1. The summed E-state index contributed by atoms with van der Waals surface area (Å²) < 4.78 is 0. The van der Waals surface area contributed by atoms with Crippen LogP contribution in [0.4, 0.5) is 5.82 Å². The number of fused-ring (bicyclic) bond motifs is 1. The maximum Gasteiger partial charge on any atom is 0.183 e. The van der Waals surface area contributed by atoms with E-state index in [9.17, 15) is 0 Å². The van der Waals surface area contributed by atoms with Gasteiger partial charge in [-0.2, -0.15) is 0 Å². The van der Waals surface area contributed by atoms with E-state index < -0.39 is 0 Å². The fourth-order valence-corrected chi connectivity index (χ4v) is 2.44. The molecule has 3 rings (SSSR count). The van der Waals surface area contributed by atoms with Gasteiger partial charge in [-0.25, -0.2) is 15.0 Å². The number of nitrogens with two attached hydrogens (primary N) is 1. The van der Waals surface area contributed by atoms with Crippen LogP contribution in [0.3, 0.4) is 0 Å². The fraction of sp³-hybridized carbons (Fsp3) is 0.100. The largest absolute Gasteiger partial charge is 0.382 e. The van der Waals surface area contributed by atoms with E-state index in [1.807, 2.05) is 12.3 Å². The van der Waals surface area contributed by atoms with Gasteiger partial charge in [0.2, 0.25) is 0 Å². The number of anilines is 1. The molecule has 3 N–H and O–H groups in total. The molecule has 3 aromatic heterocycles. The number of aromatic nitrogens is 4. The van der Waals surface area contributed by atoms with E-state index in [1.54, 1.807) is 11.3 Å². The van der Waals surface area contributed by atoms with Gasteiger partial charge in [0, 0.05) is 0 Å². The average molecular weight is 231 g/mol. The van der Waals surface area contributed by atoms with Gasteiger partial charge in [0.1, 0.15) is 11.8 Å². The van der Waals surface area contributed by atoms with Gasteiger partial charge < -0.3 is 10.7 Å². The number of nitrogen functional groups attached to an aromatic ring is 1. The van der Waals surface area contributed by atoms with Crippen molar-refractivity contribution in [3.05, 3.63) is 23.3 Å². The summed E-state index contributed by atoms with van der Waals surface area (Å²) in [7, 11) is 0. The van der Waals surface area contributed by atoms with Crippen LogP contribution in [0.15, 0.2) is 17.8 Å². The Hall–Kier alpha value is -1.95. The monoisotopic (exact) mass is 231 g/mol. The van der Waals surface area contributed by atoms with E-state index in [0.717, 1.165) is 10.7 Å². The Morgan fingerprint density at radius 3 is 2.94 bits per heavy atom. The molecule has 0 saturated heterocycles. The first-order valence-electron chi connectivity index (χ1n) is 4.76. The molecule has 0 aliphatic heterocycles. The second-order valence-corrected chi connectivity index (χ2v) is 4.39. The molecule has 0 unspecified atom stereocenters. The summed E-state index contributed by atoms with van der Waals surface area (Å²) in [4.78, 5) is 16.7.